The van der Waals surface area contributed by atoms with Crippen molar-refractivity contribution in [2.45, 2.75) is 101 Å². The summed E-state index contributed by atoms with van der Waals surface area (Å²) in [7, 11) is 1.45. The van der Waals surface area contributed by atoms with Crippen LogP contribution in [0.15, 0.2) is 0 Å². The van der Waals surface area contributed by atoms with E-state index in [9.17, 15) is 4.79 Å². The van der Waals surface area contributed by atoms with Crippen LogP contribution in [0, 0.1) is 11.8 Å². The van der Waals surface area contributed by atoms with E-state index < -0.39 is 4.33 Å². The van der Waals surface area contributed by atoms with Crippen molar-refractivity contribution in [3.8, 4) is 0 Å². The van der Waals surface area contributed by atoms with Gasteiger partial charge in [-0.25, -0.2) is 0 Å². The predicted octanol–water partition coefficient (Wildman–Crippen LogP) is 7.06. The number of ether oxygens (including phenoxy) is 1. The summed E-state index contributed by atoms with van der Waals surface area (Å²) in [4.78, 5) is 11.0. The Bertz CT molecular complexity index is 345. The Balaban J connectivity index is 1.98. The first kappa shape index (κ1) is 22.1. The van der Waals surface area contributed by atoms with E-state index in [4.69, 9.17) is 23.2 Å². The second-order valence-electron chi connectivity index (χ2n) is 7.33. The molecule has 0 aromatic carbocycles. The molecule has 4 heteroatoms. The molecule has 0 aromatic heterocycles. The Morgan fingerprint density at radius 3 is 1.79 bits per heavy atom. The van der Waals surface area contributed by atoms with Crippen LogP contribution in [0.25, 0.3) is 0 Å². The molecule has 1 aliphatic carbocycles. The molecule has 0 heterocycles. The lowest BCUT2D eigenvalue weighted by molar-refractivity contribution is -0.140. The summed E-state index contributed by atoms with van der Waals surface area (Å²) in [5.74, 6) is 0.928. The second-order valence-corrected chi connectivity index (χ2v) is 8.77. The van der Waals surface area contributed by atoms with Crippen LogP contribution in [0.3, 0.4) is 0 Å². The zero-order valence-electron chi connectivity index (χ0n) is 15.6. The molecule has 1 aliphatic rings. The molecule has 0 aliphatic heterocycles. The molecule has 0 amide bonds. The molecule has 24 heavy (non-hydrogen) atoms. The predicted molar refractivity (Wildman–Crippen MR) is 104 cm³/mol. The molecular formula is C20H36Cl2O2. The van der Waals surface area contributed by atoms with Gasteiger partial charge in [-0.3, -0.25) is 4.79 Å². The smallest absolute Gasteiger partial charge is 0.305 e. The SMILES string of the molecule is CCCCCCCC[C@@H]1[C@H](CCCCCCCC(=O)OC)C1(Cl)Cl. The molecule has 142 valence electrons. The lowest BCUT2D eigenvalue weighted by Gasteiger charge is -2.02. The molecule has 0 bridgehead atoms. The van der Waals surface area contributed by atoms with Crippen LogP contribution >= 0.6 is 23.2 Å². The summed E-state index contributed by atoms with van der Waals surface area (Å²) in [5, 5.41) is 0. The number of methoxy groups -OCH3 is 1. The van der Waals surface area contributed by atoms with E-state index in [1.165, 1.54) is 71.3 Å². The number of alkyl halides is 2. The van der Waals surface area contributed by atoms with Crippen molar-refractivity contribution < 1.29 is 9.53 Å². The van der Waals surface area contributed by atoms with E-state index in [1.54, 1.807) is 0 Å². The summed E-state index contributed by atoms with van der Waals surface area (Å²) in [6.45, 7) is 2.25. The number of hydrogen-bond donors (Lipinski definition) is 0. The van der Waals surface area contributed by atoms with Crippen LogP contribution in [0.5, 0.6) is 0 Å². The largest absolute Gasteiger partial charge is 0.469 e. The molecule has 0 aromatic rings. The van der Waals surface area contributed by atoms with E-state index in [0.717, 1.165) is 19.3 Å². The van der Waals surface area contributed by atoms with Gasteiger partial charge in [-0.1, -0.05) is 71.1 Å². The minimum atomic E-state index is -0.450. The maximum Gasteiger partial charge on any atom is 0.305 e. The summed E-state index contributed by atoms with van der Waals surface area (Å²) in [6, 6.07) is 0. The van der Waals surface area contributed by atoms with Crippen LogP contribution in [0.1, 0.15) is 96.8 Å². The standard InChI is InChI=1S/C20H36Cl2O2/c1-3-4-5-6-8-11-14-17-18(20(17,21)22)15-12-9-7-10-13-16-19(23)24-2/h17-18H,3-16H2,1-2H3/t17-,18+/m1/s1. The highest BCUT2D eigenvalue weighted by atomic mass is 35.5. The number of carbonyl (C=O) groups is 1. The lowest BCUT2D eigenvalue weighted by atomic mass is 10.0. The fourth-order valence-electron chi connectivity index (χ4n) is 3.66. The summed E-state index contributed by atoms with van der Waals surface area (Å²) < 4.78 is 4.19. The number of rotatable bonds is 15. The van der Waals surface area contributed by atoms with E-state index in [2.05, 4.69) is 11.7 Å². The van der Waals surface area contributed by atoms with Crippen LogP contribution in [0.4, 0.5) is 0 Å². The summed E-state index contributed by atoms with van der Waals surface area (Å²) >= 11 is 12.9. The maximum atomic E-state index is 11.0. The molecule has 0 unspecified atom stereocenters. The number of halogens is 2. The Labute approximate surface area is 159 Å². The topological polar surface area (TPSA) is 26.3 Å². The summed E-state index contributed by atoms with van der Waals surface area (Å²) in [6.07, 6.45) is 16.5. The van der Waals surface area contributed by atoms with Crippen molar-refractivity contribution in [1.82, 2.24) is 0 Å². The van der Waals surface area contributed by atoms with Crippen molar-refractivity contribution in [1.29, 1.82) is 0 Å². The van der Waals surface area contributed by atoms with Gasteiger partial charge in [-0.05, 0) is 31.1 Å². The lowest BCUT2D eigenvalue weighted by Crippen LogP contribution is -1.99. The number of unbranched alkanes of at least 4 members (excludes halogenated alkanes) is 9. The highest BCUT2D eigenvalue weighted by Crippen LogP contribution is 2.63. The van der Waals surface area contributed by atoms with Gasteiger partial charge in [0.1, 0.15) is 4.33 Å². The second kappa shape index (κ2) is 12.4. The van der Waals surface area contributed by atoms with Crippen LogP contribution in [0.2, 0.25) is 0 Å². The third kappa shape index (κ3) is 8.43. The molecule has 2 nitrogen and oxygen atoms in total. The van der Waals surface area contributed by atoms with Gasteiger partial charge in [0.25, 0.3) is 0 Å². The molecule has 0 spiro atoms. The van der Waals surface area contributed by atoms with Crippen molar-refractivity contribution in [2.24, 2.45) is 11.8 Å². The Kier molecular flexibility index (Phi) is 11.4. The highest BCUT2D eigenvalue weighted by Gasteiger charge is 2.61. The van der Waals surface area contributed by atoms with Crippen molar-refractivity contribution in [2.75, 3.05) is 7.11 Å². The van der Waals surface area contributed by atoms with Gasteiger partial charge in [0.15, 0.2) is 0 Å². The van der Waals surface area contributed by atoms with Crippen molar-refractivity contribution in [3.63, 3.8) is 0 Å². The van der Waals surface area contributed by atoms with Gasteiger partial charge in [0, 0.05) is 6.42 Å². The molecule has 1 rings (SSSR count). The molecule has 0 N–H and O–H groups in total. The van der Waals surface area contributed by atoms with Gasteiger partial charge < -0.3 is 4.74 Å². The average molecular weight is 379 g/mol. The van der Waals surface area contributed by atoms with Gasteiger partial charge in [0.05, 0.1) is 7.11 Å². The molecule has 1 saturated carbocycles. The van der Waals surface area contributed by atoms with Gasteiger partial charge in [-0.15, -0.1) is 23.2 Å². The molecule has 1 fully saturated rings. The fourth-order valence-corrected chi connectivity index (χ4v) is 4.58. The van der Waals surface area contributed by atoms with E-state index in [1.807, 2.05) is 0 Å². The molecule has 2 atom stereocenters. The third-order valence-electron chi connectivity index (χ3n) is 5.36. The summed E-state index contributed by atoms with van der Waals surface area (Å²) in [5.41, 5.74) is 0. The first-order valence-corrected chi connectivity index (χ1v) is 10.7. The Morgan fingerprint density at radius 2 is 1.29 bits per heavy atom. The molecular weight excluding hydrogens is 343 g/mol. The number of carbonyl (C=O) groups excluding carboxylic acids is 1. The van der Waals surface area contributed by atoms with Crippen molar-refractivity contribution >= 4 is 29.2 Å². The minimum absolute atomic E-state index is 0.0976. The first-order chi connectivity index (χ1) is 11.5. The monoisotopic (exact) mass is 378 g/mol. The third-order valence-corrected chi connectivity index (χ3v) is 6.48. The Hall–Kier alpha value is 0.0500. The average Bonchev–Trinajstić information content (AvgIpc) is 3.09. The number of hydrogen-bond acceptors (Lipinski definition) is 2. The maximum absolute atomic E-state index is 11.0. The van der Waals surface area contributed by atoms with Crippen LogP contribution < -0.4 is 0 Å². The molecule has 0 radical (unpaired) electrons. The number of esters is 1. The first-order valence-electron chi connectivity index (χ1n) is 9.98. The van der Waals surface area contributed by atoms with Crippen LogP contribution in [-0.4, -0.2) is 17.4 Å². The normalized spacial score (nSPS) is 21.7. The minimum Gasteiger partial charge on any atom is -0.469 e. The van der Waals surface area contributed by atoms with E-state index in [0.29, 0.717) is 18.3 Å². The molecule has 0 saturated heterocycles. The highest BCUT2D eigenvalue weighted by molar-refractivity contribution is 6.51. The zero-order chi connectivity index (χ0) is 17.8. The van der Waals surface area contributed by atoms with Gasteiger partial charge in [-0.2, -0.15) is 0 Å². The van der Waals surface area contributed by atoms with Crippen molar-refractivity contribution in [3.05, 3.63) is 0 Å². The Morgan fingerprint density at radius 1 is 0.833 bits per heavy atom. The quantitative estimate of drug-likeness (QED) is 0.173. The van der Waals surface area contributed by atoms with Crippen LogP contribution in [-0.2, 0) is 9.53 Å². The van der Waals surface area contributed by atoms with Gasteiger partial charge >= 0.3 is 5.97 Å². The van der Waals surface area contributed by atoms with E-state index >= 15 is 0 Å². The van der Waals surface area contributed by atoms with E-state index in [-0.39, 0.29) is 5.97 Å². The van der Waals surface area contributed by atoms with Gasteiger partial charge in [0.2, 0.25) is 0 Å². The fraction of sp³-hybridized carbons (Fsp3) is 0.950. The zero-order valence-corrected chi connectivity index (χ0v) is 17.1.